The fourth-order valence-corrected chi connectivity index (χ4v) is 4.22. The number of benzene rings is 3. The number of carbonyl (C=O) groups excluding carboxylic acids is 3. The van der Waals surface area contributed by atoms with Crippen LogP contribution in [0.5, 0.6) is 5.75 Å². The lowest BCUT2D eigenvalue weighted by atomic mass is 10.1. The van der Waals surface area contributed by atoms with E-state index in [0.29, 0.717) is 33.0 Å². The van der Waals surface area contributed by atoms with Crippen LogP contribution < -0.4 is 20.8 Å². The molecule has 0 spiro atoms. The molecular formula is C27H25ClN4O4. The molecule has 36 heavy (non-hydrogen) atoms. The van der Waals surface area contributed by atoms with Crippen LogP contribution in [0.4, 0.5) is 11.4 Å². The van der Waals surface area contributed by atoms with Gasteiger partial charge in [-0.15, -0.1) is 0 Å². The third-order valence-corrected chi connectivity index (χ3v) is 5.91. The first-order valence-electron chi connectivity index (χ1n) is 11.1. The number of nitrogens with one attached hydrogen (secondary N) is 3. The molecule has 0 aliphatic carbocycles. The lowest BCUT2D eigenvalue weighted by Crippen LogP contribution is -2.36. The molecule has 9 heteroatoms. The summed E-state index contributed by atoms with van der Waals surface area (Å²) < 4.78 is 6.42. The van der Waals surface area contributed by atoms with E-state index in [-0.39, 0.29) is 5.69 Å². The number of hydrogen-bond acceptors (Lipinski definition) is 4. The van der Waals surface area contributed by atoms with Gasteiger partial charge in [-0.3, -0.25) is 19.8 Å². The number of carbonyl (C=O) groups is 3. The molecule has 3 aromatic carbocycles. The van der Waals surface area contributed by atoms with E-state index in [0.717, 1.165) is 16.7 Å². The first kappa shape index (κ1) is 24.8. The lowest BCUT2D eigenvalue weighted by Gasteiger charge is -2.15. The average Bonchev–Trinajstić information content (AvgIpc) is 3.19. The number of aromatic nitrogens is 1. The summed E-state index contributed by atoms with van der Waals surface area (Å²) in [5, 5.41) is 6.55. The van der Waals surface area contributed by atoms with Crippen LogP contribution in [0.15, 0.2) is 60.7 Å². The van der Waals surface area contributed by atoms with Crippen LogP contribution >= 0.6 is 11.6 Å². The van der Waals surface area contributed by atoms with Gasteiger partial charge in [-0.25, -0.2) is 4.68 Å². The molecule has 0 saturated heterocycles. The van der Waals surface area contributed by atoms with E-state index in [9.17, 15) is 14.4 Å². The number of aryl methyl sites for hydroxylation is 3. The molecule has 0 saturated carbocycles. The van der Waals surface area contributed by atoms with Crippen molar-refractivity contribution in [2.45, 2.75) is 20.8 Å². The molecular weight excluding hydrogens is 480 g/mol. The normalized spacial score (nSPS) is 10.7. The van der Waals surface area contributed by atoms with Crippen LogP contribution in [-0.4, -0.2) is 29.5 Å². The molecule has 4 rings (SSSR count). The largest absolute Gasteiger partial charge is 0.497 e. The molecule has 0 fully saturated rings. The highest BCUT2D eigenvalue weighted by atomic mass is 35.5. The van der Waals surface area contributed by atoms with Crippen molar-refractivity contribution < 1.29 is 19.1 Å². The van der Waals surface area contributed by atoms with Gasteiger partial charge in [-0.1, -0.05) is 29.3 Å². The predicted molar refractivity (Wildman–Crippen MR) is 142 cm³/mol. The first-order chi connectivity index (χ1) is 17.2. The van der Waals surface area contributed by atoms with Crippen LogP contribution in [0.1, 0.15) is 27.2 Å². The highest BCUT2D eigenvalue weighted by Crippen LogP contribution is 2.25. The molecule has 0 unspecified atom stereocenters. The van der Waals surface area contributed by atoms with E-state index >= 15 is 0 Å². The molecule has 3 amide bonds. The summed E-state index contributed by atoms with van der Waals surface area (Å²) >= 11 is 6.13. The number of amides is 3. The van der Waals surface area contributed by atoms with E-state index in [2.05, 4.69) is 16.1 Å². The number of nitrogens with zero attached hydrogens (tertiary/aromatic N) is 1. The average molecular weight is 505 g/mol. The summed E-state index contributed by atoms with van der Waals surface area (Å²) in [5.74, 6) is -1.63. The molecule has 0 aliphatic rings. The Morgan fingerprint density at radius 1 is 0.833 bits per heavy atom. The number of fused-ring (bicyclic) bond motifs is 1. The Balaban J connectivity index is 1.62. The van der Waals surface area contributed by atoms with E-state index < -0.39 is 17.7 Å². The van der Waals surface area contributed by atoms with Crippen molar-refractivity contribution in [3.05, 3.63) is 88.1 Å². The van der Waals surface area contributed by atoms with Crippen LogP contribution in [0.25, 0.3) is 10.9 Å². The van der Waals surface area contributed by atoms with Crippen molar-refractivity contribution in [2.75, 3.05) is 23.2 Å². The highest BCUT2D eigenvalue weighted by molar-refractivity contribution is 6.42. The second-order valence-corrected chi connectivity index (χ2v) is 8.86. The van der Waals surface area contributed by atoms with Gasteiger partial charge in [0.25, 0.3) is 5.91 Å². The molecule has 3 N–H and O–H groups in total. The Labute approximate surface area is 213 Å². The van der Waals surface area contributed by atoms with E-state index in [1.54, 1.807) is 55.6 Å². The number of halogens is 1. The molecule has 0 radical (unpaired) electrons. The second-order valence-electron chi connectivity index (χ2n) is 8.42. The van der Waals surface area contributed by atoms with Crippen molar-refractivity contribution in [3.8, 4) is 5.75 Å². The molecule has 184 valence electrons. The maximum Gasteiger partial charge on any atom is 0.328 e. The Kier molecular flexibility index (Phi) is 6.98. The van der Waals surface area contributed by atoms with Crippen molar-refractivity contribution in [2.24, 2.45) is 0 Å². The second kappa shape index (κ2) is 10.1. The van der Waals surface area contributed by atoms with Crippen LogP contribution in [0.2, 0.25) is 5.02 Å². The standard InChI is InChI=1S/C27H25ClN4O4/c1-15-11-16(2)24(17(3)12-15)30-26(34)27(35)31-32-22-10-5-19(28)13-18(22)14-23(32)25(33)29-20-6-8-21(36-4)9-7-20/h5-14H,1-4H3,(H,29,33)(H,30,34)(H,31,35). The molecule has 0 bridgehead atoms. The van der Waals surface area contributed by atoms with Crippen molar-refractivity contribution in [3.63, 3.8) is 0 Å². The minimum atomic E-state index is -0.930. The first-order valence-corrected chi connectivity index (χ1v) is 11.5. The Bertz CT molecular complexity index is 1470. The molecule has 4 aromatic rings. The van der Waals surface area contributed by atoms with Crippen LogP contribution in [0, 0.1) is 20.8 Å². The quantitative estimate of drug-likeness (QED) is 0.325. The number of rotatable bonds is 5. The number of methoxy groups -OCH3 is 1. The van der Waals surface area contributed by atoms with Crippen molar-refractivity contribution in [1.29, 1.82) is 0 Å². The molecule has 1 aromatic heterocycles. The molecule has 0 atom stereocenters. The van der Waals surface area contributed by atoms with Gasteiger partial charge in [0.2, 0.25) is 0 Å². The Morgan fingerprint density at radius 3 is 2.14 bits per heavy atom. The van der Waals surface area contributed by atoms with Gasteiger partial charge in [0, 0.05) is 21.8 Å². The number of ether oxygens (including phenoxy) is 1. The third kappa shape index (κ3) is 5.18. The van der Waals surface area contributed by atoms with Crippen LogP contribution in [0.3, 0.4) is 0 Å². The number of hydrogen-bond donors (Lipinski definition) is 3. The van der Waals surface area contributed by atoms with Gasteiger partial charge in [0.1, 0.15) is 11.4 Å². The zero-order chi connectivity index (χ0) is 26.0. The Morgan fingerprint density at radius 2 is 1.50 bits per heavy atom. The monoisotopic (exact) mass is 504 g/mol. The highest BCUT2D eigenvalue weighted by Gasteiger charge is 2.22. The third-order valence-electron chi connectivity index (χ3n) is 5.68. The summed E-state index contributed by atoms with van der Waals surface area (Å²) in [6.45, 7) is 5.68. The summed E-state index contributed by atoms with van der Waals surface area (Å²) in [6.07, 6.45) is 0. The van der Waals surface area contributed by atoms with E-state index in [1.165, 1.54) is 4.68 Å². The zero-order valence-electron chi connectivity index (χ0n) is 20.2. The number of anilines is 2. The maximum atomic E-state index is 13.2. The van der Waals surface area contributed by atoms with Gasteiger partial charge < -0.3 is 15.4 Å². The fourth-order valence-electron chi connectivity index (χ4n) is 4.04. The summed E-state index contributed by atoms with van der Waals surface area (Å²) in [4.78, 5) is 38.8. The van der Waals surface area contributed by atoms with Crippen LogP contribution in [-0.2, 0) is 9.59 Å². The van der Waals surface area contributed by atoms with E-state index in [4.69, 9.17) is 16.3 Å². The van der Waals surface area contributed by atoms with Gasteiger partial charge >= 0.3 is 11.8 Å². The smallest absolute Gasteiger partial charge is 0.328 e. The maximum absolute atomic E-state index is 13.2. The van der Waals surface area contributed by atoms with Crippen molar-refractivity contribution in [1.82, 2.24) is 4.68 Å². The summed E-state index contributed by atoms with van der Waals surface area (Å²) in [6, 6.07) is 17.2. The zero-order valence-corrected chi connectivity index (χ0v) is 21.0. The summed E-state index contributed by atoms with van der Waals surface area (Å²) in [7, 11) is 1.55. The van der Waals surface area contributed by atoms with Crippen molar-refractivity contribution >= 4 is 51.6 Å². The lowest BCUT2D eigenvalue weighted by molar-refractivity contribution is -0.133. The van der Waals surface area contributed by atoms with Gasteiger partial charge in [-0.05, 0) is 80.4 Å². The Hall–Kier alpha value is -4.30. The van der Waals surface area contributed by atoms with Gasteiger partial charge in [0.15, 0.2) is 0 Å². The summed E-state index contributed by atoms with van der Waals surface area (Å²) in [5.41, 5.74) is 7.01. The SMILES string of the molecule is COc1ccc(NC(=O)c2cc3cc(Cl)ccc3n2NC(=O)C(=O)Nc2c(C)cc(C)cc2C)cc1. The van der Waals surface area contributed by atoms with Gasteiger partial charge in [0.05, 0.1) is 12.6 Å². The predicted octanol–water partition coefficient (Wildman–Crippen LogP) is 5.19. The van der Waals surface area contributed by atoms with E-state index in [1.807, 2.05) is 32.9 Å². The van der Waals surface area contributed by atoms with Gasteiger partial charge in [-0.2, -0.15) is 0 Å². The minimum Gasteiger partial charge on any atom is -0.497 e. The molecule has 0 aliphatic heterocycles. The minimum absolute atomic E-state index is 0.118. The fraction of sp³-hybridized carbons (Fsp3) is 0.148. The molecule has 8 nitrogen and oxygen atoms in total. The molecule has 1 heterocycles. The topological polar surface area (TPSA) is 101 Å².